The molecule has 108 valence electrons. The van der Waals surface area contributed by atoms with Crippen LogP contribution in [0.5, 0.6) is 0 Å². The lowest BCUT2D eigenvalue weighted by Gasteiger charge is -2.17. The van der Waals surface area contributed by atoms with E-state index in [1.165, 1.54) is 15.3 Å². The number of aryl methyl sites for hydroxylation is 1. The number of aromatic nitrogens is 2. The van der Waals surface area contributed by atoms with Crippen molar-refractivity contribution < 1.29 is 0 Å². The van der Waals surface area contributed by atoms with Crippen LogP contribution in [-0.4, -0.2) is 17.0 Å². The molecule has 0 aliphatic carbocycles. The lowest BCUT2D eigenvalue weighted by atomic mass is 10.0. The summed E-state index contributed by atoms with van der Waals surface area (Å²) in [5.74, 6) is 0. The second-order valence-electron chi connectivity index (χ2n) is 5.04. The fraction of sp³-hybridized carbons (Fsp3) is 0.294. The van der Waals surface area contributed by atoms with Gasteiger partial charge in [0, 0.05) is 34.6 Å². The van der Waals surface area contributed by atoms with Gasteiger partial charge >= 0.3 is 0 Å². The van der Waals surface area contributed by atoms with E-state index in [0.717, 1.165) is 23.9 Å². The van der Waals surface area contributed by atoms with E-state index in [9.17, 15) is 0 Å². The Morgan fingerprint density at radius 2 is 1.90 bits per heavy atom. The number of fused-ring (bicyclic) bond motifs is 1. The molecule has 21 heavy (non-hydrogen) atoms. The van der Waals surface area contributed by atoms with Gasteiger partial charge in [-0.1, -0.05) is 19.1 Å². The van der Waals surface area contributed by atoms with Crippen LogP contribution < -0.4 is 5.32 Å². The molecule has 0 saturated carbocycles. The van der Waals surface area contributed by atoms with Gasteiger partial charge in [-0.25, -0.2) is 0 Å². The molecule has 0 fully saturated rings. The van der Waals surface area contributed by atoms with Crippen molar-refractivity contribution >= 4 is 22.4 Å². The van der Waals surface area contributed by atoms with E-state index in [1.54, 1.807) is 12.4 Å². The highest BCUT2D eigenvalue weighted by molar-refractivity contribution is 7.11. The van der Waals surface area contributed by atoms with Gasteiger partial charge in [-0.15, -0.1) is 11.3 Å². The maximum Gasteiger partial charge on any atom is 0.0934 e. The Bertz CT molecular complexity index is 730. The molecule has 0 radical (unpaired) electrons. The number of nitrogens with one attached hydrogen (secondary N) is 1. The summed E-state index contributed by atoms with van der Waals surface area (Å²) in [6.45, 7) is 2.20. The van der Waals surface area contributed by atoms with Crippen LogP contribution in [-0.2, 0) is 12.8 Å². The van der Waals surface area contributed by atoms with Crippen LogP contribution >= 0.6 is 11.3 Å². The van der Waals surface area contributed by atoms with Gasteiger partial charge in [0.25, 0.3) is 0 Å². The summed E-state index contributed by atoms with van der Waals surface area (Å²) in [4.78, 5) is 11.8. The third kappa shape index (κ3) is 2.96. The van der Waals surface area contributed by atoms with Crippen LogP contribution in [0.2, 0.25) is 0 Å². The van der Waals surface area contributed by atoms with E-state index >= 15 is 0 Å². The van der Waals surface area contributed by atoms with Gasteiger partial charge in [0.05, 0.1) is 11.0 Å². The molecule has 3 rings (SSSR count). The van der Waals surface area contributed by atoms with E-state index in [1.807, 2.05) is 24.5 Å². The predicted molar refractivity (Wildman–Crippen MR) is 88.7 cm³/mol. The van der Waals surface area contributed by atoms with Gasteiger partial charge in [-0.2, -0.15) is 0 Å². The molecular formula is C17H19N3S. The number of hydrogen-bond donors (Lipinski definition) is 1. The SMILES string of the molecule is CCc1ccc(CC(NC)c2cccc3nccnc23)s1. The van der Waals surface area contributed by atoms with Gasteiger partial charge in [-0.05, 0) is 37.2 Å². The molecule has 2 heterocycles. The summed E-state index contributed by atoms with van der Waals surface area (Å²) < 4.78 is 0. The summed E-state index contributed by atoms with van der Waals surface area (Å²) >= 11 is 1.90. The number of likely N-dealkylation sites (N-methyl/N-ethyl adjacent to an activating group) is 1. The van der Waals surface area contributed by atoms with E-state index < -0.39 is 0 Å². The average molecular weight is 297 g/mol. The first-order valence-corrected chi connectivity index (χ1v) is 8.08. The van der Waals surface area contributed by atoms with Crippen LogP contribution in [0.1, 0.15) is 28.3 Å². The number of hydrogen-bond acceptors (Lipinski definition) is 4. The number of para-hydroxylation sites is 1. The molecule has 0 aliphatic rings. The lowest BCUT2D eigenvalue weighted by molar-refractivity contribution is 0.600. The lowest BCUT2D eigenvalue weighted by Crippen LogP contribution is -2.19. The fourth-order valence-corrected chi connectivity index (χ4v) is 3.59. The van der Waals surface area contributed by atoms with Crippen molar-refractivity contribution in [2.75, 3.05) is 7.05 Å². The van der Waals surface area contributed by atoms with Gasteiger partial charge in [0.15, 0.2) is 0 Å². The van der Waals surface area contributed by atoms with Crippen molar-refractivity contribution in [1.29, 1.82) is 0 Å². The summed E-state index contributed by atoms with van der Waals surface area (Å²) in [6, 6.07) is 10.9. The van der Waals surface area contributed by atoms with Crippen LogP contribution in [0.3, 0.4) is 0 Å². The smallest absolute Gasteiger partial charge is 0.0934 e. The van der Waals surface area contributed by atoms with E-state index in [0.29, 0.717) is 0 Å². The van der Waals surface area contributed by atoms with Gasteiger partial charge in [0.2, 0.25) is 0 Å². The molecule has 3 nitrogen and oxygen atoms in total. The van der Waals surface area contributed by atoms with Crippen molar-refractivity contribution in [3.63, 3.8) is 0 Å². The first-order valence-electron chi connectivity index (χ1n) is 7.26. The number of nitrogens with zero attached hydrogens (tertiary/aromatic N) is 2. The Morgan fingerprint density at radius 1 is 1.10 bits per heavy atom. The zero-order valence-corrected chi connectivity index (χ0v) is 13.2. The Morgan fingerprint density at radius 3 is 2.67 bits per heavy atom. The summed E-state index contributed by atoms with van der Waals surface area (Å²) in [5, 5.41) is 3.43. The maximum absolute atomic E-state index is 4.51. The second-order valence-corrected chi connectivity index (χ2v) is 6.29. The van der Waals surface area contributed by atoms with Gasteiger partial charge in [0.1, 0.15) is 0 Å². The zero-order valence-electron chi connectivity index (χ0n) is 12.3. The van der Waals surface area contributed by atoms with Gasteiger partial charge < -0.3 is 5.32 Å². The van der Waals surface area contributed by atoms with E-state index in [-0.39, 0.29) is 6.04 Å². The van der Waals surface area contributed by atoms with Crippen LogP contribution in [0.4, 0.5) is 0 Å². The molecule has 1 atom stereocenters. The Hall–Kier alpha value is -1.78. The molecule has 1 aromatic carbocycles. The first kappa shape index (κ1) is 14.2. The van der Waals surface area contributed by atoms with Crippen LogP contribution in [0.25, 0.3) is 11.0 Å². The molecule has 1 unspecified atom stereocenters. The van der Waals surface area contributed by atoms with Crippen LogP contribution in [0, 0.1) is 0 Å². The number of rotatable bonds is 5. The highest BCUT2D eigenvalue weighted by atomic mass is 32.1. The summed E-state index contributed by atoms with van der Waals surface area (Å²) in [5.41, 5.74) is 3.16. The second kappa shape index (κ2) is 6.33. The Balaban J connectivity index is 1.94. The largest absolute Gasteiger partial charge is 0.313 e. The average Bonchev–Trinajstić information content (AvgIpc) is 3.00. The van der Waals surface area contributed by atoms with Crippen molar-refractivity contribution in [2.45, 2.75) is 25.8 Å². The monoisotopic (exact) mass is 297 g/mol. The molecule has 4 heteroatoms. The summed E-state index contributed by atoms with van der Waals surface area (Å²) in [6.07, 6.45) is 5.59. The molecule has 0 amide bonds. The van der Waals surface area contributed by atoms with Crippen molar-refractivity contribution in [1.82, 2.24) is 15.3 Å². The molecule has 0 saturated heterocycles. The standard InChI is InChI=1S/C17H19N3S/c1-3-12-7-8-13(21-12)11-16(18-2)14-5-4-6-15-17(14)20-10-9-19-15/h4-10,16,18H,3,11H2,1-2H3. The topological polar surface area (TPSA) is 37.8 Å². The minimum absolute atomic E-state index is 0.258. The minimum atomic E-state index is 0.258. The highest BCUT2D eigenvalue weighted by Crippen LogP contribution is 2.27. The Labute approximate surface area is 129 Å². The first-order chi connectivity index (χ1) is 10.3. The maximum atomic E-state index is 4.51. The third-order valence-electron chi connectivity index (χ3n) is 3.72. The van der Waals surface area contributed by atoms with Gasteiger partial charge in [-0.3, -0.25) is 9.97 Å². The van der Waals surface area contributed by atoms with Crippen LogP contribution in [0.15, 0.2) is 42.7 Å². The van der Waals surface area contributed by atoms with E-state index in [2.05, 4.69) is 46.5 Å². The number of benzene rings is 1. The molecule has 3 aromatic rings. The third-order valence-corrected chi connectivity index (χ3v) is 4.98. The zero-order chi connectivity index (χ0) is 14.7. The minimum Gasteiger partial charge on any atom is -0.313 e. The fourth-order valence-electron chi connectivity index (χ4n) is 2.59. The molecule has 2 aromatic heterocycles. The molecular weight excluding hydrogens is 278 g/mol. The molecule has 0 spiro atoms. The van der Waals surface area contributed by atoms with Crippen molar-refractivity contribution in [3.05, 3.63) is 58.0 Å². The number of thiophene rings is 1. The normalized spacial score (nSPS) is 12.7. The van der Waals surface area contributed by atoms with E-state index in [4.69, 9.17) is 0 Å². The Kier molecular flexibility index (Phi) is 4.27. The summed E-state index contributed by atoms with van der Waals surface area (Å²) in [7, 11) is 2.01. The molecule has 1 N–H and O–H groups in total. The van der Waals surface area contributed by atoms with Crippen molar-refractivity contribution in [3.8, 4) is 0 Å². The quantitative estimate of drug-likeness (QED) is 0.779. The highest BCUT2D eigenvalue weighted by Gasteiger charge is 2.15. The predicted octanol–water partition coefficient (Wildman–Crippen LogP) is 3.76. The molecule has 0 aliphatic heterocycles. The van der Waals surface area contributed by atoms with Crippen molar-refractivity contribution in [2.24, 2.45) is 0 Å². The molecule has 0 bridgehead atoms.